The van der Waals surface area contributed by atoms with E-state index in [0.717, 1.165) is 24.8 Å². The molecule has 1 heteroatoms. The van der Waals surface area contributed by atoms with Crippen molar-refractivity contribution >= 4 is 0 Å². The lowest BCUT2D eigenvalue weighted by atomic mass is 9.79. The van der Waals surface area contributed by atoms with Gasteiger partial charge in [0.05, 0.1) is 6.10 Å². The van der Waals surface area contributed by atoms with E-state index in [9.17, 15) is 5.11 Å². The second-order valence-corrected chi connectivity index (χ2v) is 5.17. The topological polar surface area (TPSA) is 20.2 Å². The van der Waals surface area contributed by atoms with E-state index in [2.05, 4.69) is 39.0 Å². The van der Waals surface area contributed by atoms with E-state index in [1.807, 2.05) is 0 Å². The van der Waals surface area contributed by atoms with Gasteiger partial charge in [-0.25, -0.2) is 0 Å². The molecular formula is C14H20O. The van der Waals surface area contributed by atoms with E-state index in [4.69, 9.17) is 0 Å². The monoisotopic (exact) mass is 204 g/mol. The average molecular weight is 204 g/mol. The Hall–Kier alpha value is -0.820. The molecule has 0 saturated heterocycles. The van der Waals surface area contributed by atoms with Crippen molar-refractivity contribution in [3.8, 4) is 0 Å². The van der Waals surface area contributed by atoms with E-state index in [1.165, 1.54) is 11.1 Å². The first-order chi connectivity index (χ1) is 7.06. The van der Waals surface area contributed by atoms with Gasteiger partial charge in [-0.3, -0.25) is 0 Å². The van der Waals surface area contributed by atoms with Crippen molar-refractivity contribution < 1.29 is 5.11 Å². The maximum Gasteiger partial charge on any atom is 0.0796 e. The highest BCUT2D eigenvalue weighted by molar-refractivity contribution is 5.43. The number of aliphatic hydroxyl groups excluding tert-OH is 1. The second-order valence-electron chi connectivity index (χ2n) is 5.17. The van der Waals surface area contributed by atoms with Crippen LogP contribution < -0.4 is 0 Å². The van der Waals surface area contributed by atoms with Crippen molar-refractivity contribution in [1.29, 1.82) is 0 Å². The number of aliphatic hydroxyl groups is 1. The van der Waals surface area contributed by atoms with Crippen LogP contribution in [0.1, 0.15) is 56.4 Å². The highest BCUT2D eigenvalue weighted by Gasteiger charge is 2.28. The van der Waals surface area contributed by atoms with Crippen LogP contribution in [0.3, 0.4) is 0 Å². The summed E-state index contributed by atoms with van der Waals surface area (Å²) in [7, 11) is 0. The van der Waals surface area contributed by atoms with E-state index >= 15 is 0 Å². The lowest BCUT2D eigenvalue weighted by molar-refractivity contribution is 0.180. The van der Waals surface area contributed by atoms with Crippen LogP contribution in [0.15, 0.2) is 18.2 Å². The summed E-state index contributed by atoms with van der Waals surface area (Å²) in [6.45, 7) is 6.80. The van der Waals surface area contributed by atoms with Crippen molar-refractivity contribution in [1.82, 2.24) is 0 Å². The smallest absolute Gasteiger partial charge is 0.0796 e. The third kappa shape index (κ3) is 1.69. The van der Waals surface area contributed by atoms with Crippen molar-refractivity contribution in [3.63, 3.8) is 0 Å². The normalized spacial score (nSPS) is 20.4. The summed E-state index contributed by atoms with van der Waals surface area (Å²) in [5.41, 5.74) is 4.22. The van der Waals surface area contributed by atoms with Crippen LogP contribution in [-0.2, 0) is 11.8 Å². The van der Waals surface area contributed by atoms with Crippen molar-refractivity contribution in [3.05, 3.63) is 34.9 Å². The minimum atomic E-state index is -0.229. The maximum atomic E-state index is 9.84. The second kappa shape index (κ2) is 3.64. The quantitative estimate of drug-likeness (QED) is 0.783. The molecule has 0 aromatic heterocycles. The van der Waals surface area contributed by atoms with Crippen molar-refractivity contribution in [2.75, 3.05) is 0 Å². The number of hydrogen-bond acceptors (Lipinski definition) is 1. The number of benzene rings is 1. The molecule has 1 aliphatic carbocycles. The third-order valence-electron chi connectivity index (χ3n) is 3.85. The van der Waals surface area contributed by atoms with E-state index in [-0.39, 0.29) is 11.5 Å². The summed E-state index contributed by atoms with van der Waals surface area (Å²) in [5, 5.41) is 9.84. The molecule has 1 N–H and O–H groups in total. The molecule has 82 valence electrons. The first kappa shape index (κ1) is 10.7. The SMILES string of the molecule is CCC(C)(C)c1cccc2c1CCC2O. The van der Waals surface area contributed by atoms with Gasteiger partial charge in [-0.15, -0.1) is 0 Å². The highest BCUT2D eigenvalue weighted by atomic mass is 16.3. The molecule has 1 atom stereocenters. The zero-order chi connectivity index (χ0) is 11.1. The predicted octanol–water partition coefficient (Wildman–Crippen LogP) is 3.35. The number of fused-ring (bicyclic) bond motifs is 1. The van der Waals surface area contributed by atoms with E-state index in [1.54, 1.807) is 0 Å². The molecule has 0 heterocycles. The fraction of sp³-hybridized carbons (Fsp3) is 0.571. The Morgan fingerprint density at radius 2 is 2.13 bits per heavy atom. The summed E-state index contributed by atoms with van der Waals surface area (Å²) in [4.78, 5) is 0. The summed E-state index contributed by atoms with van der Waals surface area (Å²) in [6, 6.07) is 6.38. The van der Waals surface area contributed by atoms with Gasteiger partial charge in [-0.05, 0) is 41.4 Å². The van der Waals surface area contributed by atoms with Gasteiger partial charge >= 0.3 is 0 Å². The molecule has 1 aliphatic rings. The standard InChI is InChI=1S/C14H20O/c1-4-14(2,3)12-7-5-6-11-10(12)8-9-13(11)15/h5-7,13,15H,4,8-9H2,1-3H3. The Morgan fingerprint density at radius 3 is 2.80 bits per heavy atom. The van der Waals surface area contributed by atoms with Gasteiger partial charge in [0.2, 0.25) is 0 Å². The van der Waals surface area contributed by atoms with Crippen molar-refractivity contribution in [2.24, 2.45) is 0 Å². The molecule has 0 radical (unpaired) electrons. The molecule has 0 fully saturated rings. The zero-order valence-electron chi connectivity index (χ0n) is 9.88. The molecule has 0 saturated carbocycles. The van der Waals surface area contributed by atoms with Gasteiger partial charge in [0.25, 0.3) is 0 Å². The van der Waals surface area contributed by atoms with Crippen LogP contribution in [-0.4, -0.2) is 5.11 Å². The van der Waals surface area contributed by atoms with Gasteiger partial charge in [0.15, 0.2) is 0 Å². The van der Waals surface area contributed by atoms with Gasteiger partial charge in [-0.1, -0.05) is 39.0 Å². The van der Waals surface area contributed by atoms with Crippen molar-refractivity contribution in [2.45, 2.75) is 51.6 Å². The van der Waals surface area contributed by atoms with E-state index < -0.39 is 0 Å². The van der Waals surface area contributed by atoms with Gasteiger partial charge in [0.1, 0.15) is 0 Å². The maximum absolute atomic E-state index is 9.84. The minimum Gasteiger partial charge on any atom is -0.388 e. The summed E-state index contributed by atoms with van der Waals surface area (Å²) < 4.78 is 0. The summed E-state index contributed by atoms with van der Waals surface area (Å²) >= 11 is 0. The fourth-order valence-electron chi connectivity index (χ4n) is 2.46. The van der Waals surface area contributed by atoms with Crippen LogP contribution >= 0.6 is 0 Å². The molecule has 1 nitrogen and oxygen atoms in total. The summed E-state index contributed by atoms with van der Waals surface area (Å²) in [5.74, 6) is 0. The first-order valence-corrected chi connectivity index (χ1v) is 5.86. The lowest BCUT2D eigenvalue weighted by Crippen LogP contribution is -2.17. The number of rotatable bonds is 2. The third-order valence-corrected chi connectivity index (χ3v) is 3.85. The Bertz CT molecular complexity index is 366. The van der Waals surface area contributed by atoms with Gasteiger partial charge < -0.3 is 5.11 Å². The van der Waals surface area contributed by atoms with Crippen LogP contribution in [0.5, 0.6) is 0 Å². The minimum absolute atomic E-state index is 0.229. The molecule has 15 heavy (non-hydrogen) atoms. The van der Waals surface area contributed by atoms with Gasteiger partial charge in [0, 0.05) is 0 Å². The van der Waals surface area contributed by atoms with Crippen LogP contribution in [0, 0.1) is 0 Å². The van der Waals surface area contributed by atoms with Gasteiger partial charge in [-0.2, -0.15) is 0 Å². The van der Waals surface area contributed by atoms with Crippen LogP contribution in [0.4, 0.5) is 0 Å². The van der Waals surface area contributed by atoms with Crippen LogP contribution in [0.2, 0.25) is 0 Å². The fourth-order valence-corrected chi connectivity index (χ4v) is 2.46. The van der Waals surface area contributed by atoms with Crippen LogP contribution in [0.25, 0.3) is 0 Å². The molecule has 0 bridgehead atoms. The highest BCUT2D eigenvalue weighted by Crippen LogP contribution is 2.39. The molecule has 0 amide bonds. The first-order valence-electron chi connectivity index (χ1n) is 5.86. The molecule has 1 unspecified atom stereocenters. The Morgan fingerprint density at radius 1 is 1.40 bits per heavy atom. The Labute approximate surface area is 92.1 Å². The lowest BCUT2D eigenvalue weighted by Gasteiger charge is -2.26. The Balaban J connectivity index is 2.51. The average Bonchev–Trinajstić information content (AvgIpc) is 2.60. The molecule has 2 rings (SSSR count). The van der Waals surface area contributed by atoms with E-state index in [0.29, 0.717) is 0 Å². The Kier molecular flexibility index (Phi) is 2.59. The number of hydrogen-bond donors (Lipinski definition) is 1. The zero-order valence-corrected chi connectivity index (χ0v) is 9.88. The molecule has 0 aliphatic heterocycles. The predicted molar refractivity (Wildman–Crippen MR) is 63.0 cm³/mol. The molecular weight excluding hydrogens is 184 g/mol. The largest absolute Gasteiger partial charge is 0.388 e. The summed E-state index contributed by atoms with van der Waals surface area (Å²) in [6.07, 6.45) is 2.84. The molecule has 0 spiro atoms. The molecule has 1 aromatic rings. The molecule has 1 aromatic carbocycles.